The molecule has 0 atom stereocenters. The molecule has 34 heavy (non-hydrogen) atoms. The highest BCUT2D eigenvalue weighted by molar-refractivity contribution is 6.56. The molecular weight excluding hydrogens is 470 g/mol. The van der Waals surface area contributed by atoms with Crippen LogP contribution in [0.5, 0.6) is 0 Å². The summed E-state index contributed by atoms with van der Waals surface area (Å²) >= 11 is 6.14. The zero-order valence-corrected chi connectivity index (χ0v) is 20.1. The summed E-state index contributed by atoms with van der Waals surface area (Å²) in [5, 5.41) is 2.56. The number of rotatable bonds is 6. The van der Waals surface area contributed by atoms with E-state index in [0.29, 0.717) is 11.0 Å². The van der Waals surface area contributed by atoms with Gasteiger partial charge in [-0.05, 0) is 56.4 Å². The Bertz CT molecular complexity index is 1040. The Labute approximate surface area is 202 Å². The second-order valence-electron chi connectivity index (χ2n) is 8.96. The molecule has 1 N–H and O–H groups in total. The molecule has 2 aromatic carbocycles. The third-order valence-electron chi connectivity index (χ3n) is 5.87. The van der Waals surface area contributed by atoms with E-state index in [-0.39, 0.29) is 18.2 Å². The fourth-order valence-corrected chi connectivity index (χ4v) is 3.40. The lowest BCUT2D eigenvalue weighted by Crippen LogP contribution is -2.41. The van der Waals surface area contributed by atoms with Crippen LogP contribution in [0.1, 0.15) is 44.4 Å². The minimum atomic E-state index is -4.51. The fourth-order valence-electron chi connectivity index (χ4n) is 3.17. The van der Waals surface area contributed by atoms with Crippen LogP contribution in [-0.2, 0) is 26.8 Å². The van der Waals surface area contributed by atoms with Crippen LogP contribution in [0.15, 0.2) is 54.0 Å². The molecule has 2 aromatic rings. The van der Waals surface area contributed by atoms with Crippen molar-refractivity contribution in [3.63, 3.8) is 0 Å². The third kappa shape index (κ3) is 6.34. The Kier molecular flexibility index (Phi) is 7.70. The van der Waals surface area contributed by atoms with E-state index in [0.717, 1.165) is 17.7 Å². The van der Waals surface area contributed by atoms with Gasteiger partial charge in [-0.3, -0.25) is 0 Å². The van der Waals surface area contributed by atoms with E-state index in [4.69, 9.17) is 25.6 Å². The summed E-state index contributed by atoms with van der Waals surface area (Å²) in [4.78, 5) is 12.3. The monoisotopic (exact) mass is 495 g/mol. The van der Waals surface area contributed by atoms with Crippen molar-refractivity contribution >= 4 is 30.9 Å². The molecule has 0 saturated carbocycles. The maximum atomic E-state index is 13.0. The predicted molar refractivity (Wildman–Crippen MR) is 125 cm³/mol. The molecule has 1 amide bonds. The van der Waals surface area contributed by atoms with Gasteiger partial charge >= 0.3 is 19.4 Å². The number of halogens is 4. The van der Waals surface area contributed by atoms with Crippen LogP contribution >= 0.6 is 11.6 Å². The molecule has 0 unspecified atom stereocenters. The van der Waals surface area contributed by atoms with Crippen LogP contribution in [0.25, 0.3) is 6.08 Å². The molecule has 1 saturated heterocycles. The second kappa shape index (κ2) is 10.0. The predicted octanol–water partition coefficient (Wildman–Crippen LogP) is 6.30. The molecular formula is C24H26BClF3NO4. The average Bonchev–Trinajstić information content (AvgIpc) is 2.97. The van der Waals surface area contributed by atoms with Gasteiger partial charge in [0.25, 0.3) is 0 Å². The van der Waals surface area contributed by atoms with Crippen molar-refractivity contribution in [3.05, 3.63) is 75.7 Å². The molecule has 0 bridgehead atoms. The standard InChI is InChI=1S/C24H26BClF3NO4/c1-22(2)23(3,4)34-25(33-22)19(12-17-10-11-18(13-20(17)26)24(27,28)29)14-30-21(31)32-15-16-8-6-5-7-9-16/h5-13H,14-15H2,1-4H3,(H,30,31). The highest BCUT2D eigenvalue weighted by atomic mass is 35.5. The summed E-state index contributed by atoms with van der Waals surface area (Å²) in [5.74, 6) is 0. The van der Waals surface area contributed by atoms with Crippen LogP contribution in [0.2, 0.25) is 5.02 Å². The minimum absolute atomic E-state index is 0.0260. The van der Waals surface area contributed by atoms with Crippen molar-refractivity contribution in [2.75, 3.05) is 6.54 Å². The molecule has 5 nitrogen and oxygen atoms in total. The summed E-state index contributed by atoms with van der Waals surface area (Å²) in [6.07, 6.45) is -3.61. The number of amides is 1. The van der Waals surface area contributed by atoms with Gasteiger partial charge in [0.2, 0.25) is 0 Å². The van der Waals surface area contributed by atoms with Gasteiger partial charge in [0.1, 0.15) is 6.61 Å². The van der Waals surface area contributed by atoms with Crippen molar-refractivity contribution in [1.82, 2.24) is 5.32 Å². The van der Waals surface area contributed by atoms with E-state index in [9.17, 15) is 18.0 Å². The molecule has 1 fully saturated rings. The van der Waals surface area contributed by atoms with Crippen LogP contribution in [0.4, 0.5) is 18.0 Å². The molecule has 1 aliphatic heterocycles. The van der Waals surface area contributed by atoms with Gasteiger partial charge in [-0.1, -0.05) is 54.1 Å². The van der Waals surface area contributed by atoms with Crippen molar-refractivity contribution in [3.8, 4) is 0 Å². The lowest BCUT2D eigenvalue weighted by molar-refractivity contribution is -0.137. The Morgan fingerprint density at radius 3 is 2.26 bits per heavy atom. The van der Waals surface area contributed by atoms with Crippen molar-refractivity contribution in [2.45, 2.75) is 51.7 Å². The summed E-state index contributed by atoms with van der Waals surface area (Å²) in [6, 6.07) is 12.3. The molecule has 0 radical (unpaired) electrons. The number of benzene rings is 2. The highest BCUT2D eigenvalue weighted by Crippen LogP contribution is 2.39. The maximum Gasteiger partial charge on any atom is 0.492 e. The summed E-state index contributed by atoms with van der Waals surface area (Å²) in [6.45, 7) is 7.55. The molecule has 0 spiro atoms. The van der Waals surface area contributed by atoms with E-state index >= 15 is 0 Å². The molecule has 1 heterocycles. The number of hydrogen-bond donors (Lipinski definition) is 1. The van der Waals surface area contributed by atoms with E-state index < -0.39 is 36.2 Å². The van der Waals surface area contributed by atoms with Gasteiger partial charge < -0.3 is 19.4 Å². The van der Waals surface area contributed by atoms with Gasteiger partial charge in [-0.25, -0.2) is 4.79 Å². The van der Waals surface area contributed by atoms with Gasteiger partial charge in [0, 0.05) is 11.6 Å². The summed E-state index contributed by atoms with van der Waals surface area (Å²) < 4.78 is 56.4. The number of alkyl halides is 3. The topological polar surface area (TPSA) is 56.8 Å². The van der Waals surface area contributed by atoms with Gasteiger partial charge in [-0.15, -0.1) is 0 Å². The number of ether oxygens (including phenoxy) is 1. The highest BCUT2D eigenvalue weighted by Gasteiger charge is 2.52. The van der Waals surface area contributed by atoms with E-state index in [1.54, 1.807) is 6.08 Å². The summed E-state index contributed by atoms with van der Waals surface area (Å²) in [7, 11) is -0.849. The Hall–Kier alpha value is -2.49. The normalized spacial score (nSPS) is 17.5. The number of carbonyl (C=O) groups is 1. The van der Waals surface area contributed by atoms with E-state index in [1.165, 1.54) is 6.07 Å². The maximum absolute atomic E-state index is 13.0. The van der Waals surface area contributed by atoms with Crippen LogP contribution in [-0.4, -0.2) is 31.0 Å². The van der Waals surface area contributed by atoms with Crippen molar-refractivity contribution in [1.29, 1.82) is 0 Å². The van der Waals surface area contributed by atoms with Gasteiger partial charge in [0.15, 0.2) is 0 Å². The largest absolute Gasteiger partial charge is 0.492 e. The first-order valence-corrected chi connectivity index (χ1v) is 11.0. The van der Waals surface area contributed by atoms with Gasteiger partial charge in [-0.2, -0.15) is 13.2 Å². The zero-order valence-electron chi connectivity index (χ0n) is 19.3. The number of carbonyl (C=O) groups excluding carboxylic acids is 1. The molecule has 1 aliphatic rings. The first kappa shape index (κ1) is 26.1. The molecule has 10 heteroatoms. The Balaban J connectivity index is 1.80. The van der Waals surface area contributed by atoms with Crippen LogP contribution in [0.3, 0.4) is 0 Å². The average molecular weight is 496 g/mol. The van der Waals surface area contributed by atoms with Crippen LogP contribution in [0, 0.1) is 0 Å². The minimum Gasteiger partial charge on any atom is -0.445 e. The smallest absolute Gasteiger partial charge is 0.445 e. The van der Waals surface area contributed by atoms with Crippen molar-refractivity contribution in [2.24, 2.45) is 0 Å². The molecule has 182 valence electrons. The SMILES string of the molecule is CC1(C)OB(C(=Cc2ccc(C(F)(F)F)cc2Cl)CNC(=O)OCc2ccccc2)OC1(C)C. The molecule has 3 rings (SSSR count). The second-order valence-corrected chi connectivity index (χ2v) is 9.36. The third-order valence-corrected chi connectivity index (χ3v) is 6.20. The summed E-state index contributed by atoms with van der Waals surface area (Å²) in [5.41, 5.74) is -0.538. The Morgan fingerprint density at radius 2 is 1.71 bits per heavy atom. The molecule has 0 aliphatic carbocycles. The van der Waals surface area contributed by atoms with Crippen LogP contribution < -0.4 is 5.32 Å². The number of alkyl carbamates (subject to hydrolysis) is 1. The lowest BCUT2D eigenvalue weighted by atomic mass is 9.77. The lowest BCUT2D eigenvalue weighted by Gasteiger charge is -2.32. The number of nitrogens with one attached hydrogen (secondary N) is 1. The van der Waals surface area contributed by atoms with E-state index in [2.05, 4.69) is 5.32 Å². The van der Waals surface area contributed by atoms with Crippen molar-refractivity contribution < 1.29 is 32.0 Å². The Morgan fingerprint density at radius 1 is 1.09 bits per heavy atom. The number of hydrogen-bond acceptors (Lipinski definition) is 4. The first-order chi connectivity index (χ1) is 15.8. The zero-order chi connectivity index (χ0) is 25.1. The first-order valence-electron chi connectivity index (χ1n) is 10.7. The fraction of sp³-hybridized carbons (Fsp3) is 0.375. The van der Waals surface area contributed by atoms with E-state index in [1.807, 2.05) is 58.0 Å². The molecule has 0 aromatic heterocycles. The van der Waals surface area contributed by atoms with Gasteiger partial charge in [0.05, 0.1) is 16.8 Å². The quantitative estimate of drug-likeness (QED) is 0.478.